The summed E-state index contributed by atoms with van der Waals surface area (Å²) in [6.45, 7) is 0. The summed E-state index contributed by atoms with van der Waals surface area (Å²) in [6, 6.07) is 7.41. The molecule has 0 bridgehead atoms. The second kappa shape index (κ2) is 5.14. The summed E-state index contributed by atoms with van der Waals surface area (Å²) in [5.74, 6) is -1.05. The van der Waals surface area contributed by atoms with Crippen molar-refractivity contribution in [2.75, 3.05) is 11.1 Å². The number of aromatic nitrogens is 1. The number of pyridine rings is 1. The van der Waals surface area contributed by atoms with E-state index in [-0.39, 0.29) is 11.4 Å². The highest BCUT2D eigenvalue weighted by molar-refractivity contribution is 9.10. The third kappa shape index (κ3) is 2.65. The number of carbonyl (C=O) groups is 1. The number of anilines is 2. The summed E-state index contributed by atoms with van der Waals surface area (Å²) in [7, 11) is 0. The first-order valence-electron chi connectivity index (χ1n) is 5.05. The molecule has 0 aliphatic rings. The number of nitrogens with two attached hydrogens (primary N) is 1. The Morgan fingerprint density at radius 1 is 1.39 bits per heavy atom. The van der Waals surface area contributed by atoms with Crippen molar-refractivity contribution in [1.82, 2.24) is 4.98 Å². The van der Waals surface area contributed by atoms with Crippen molar-refractivity contribution in [3.63, 3.8) is 0 Å². The lowest BCUT2D eigenvalue weighted by Crippen LogP contribution is -2.15. The van der Waals surface area contributed by atoms with E-state index in [0.717, 1.165) is 0 Å². The predicted molar refractivity (Wildman–Crippen MR) is 70.7 cm³/mol. The van der Waals surface area contributed by atoms with Gasteiger partial charge in [-0.1, -0.05) is 6.07 Å². The van der Waals surface area contributed by atoms with Crippen LogP contribution in [-0.4, -0.2) is 10.9 Å². The van der Waals surface area contributed by atoms with Gasteiger partial charge in [-0.3, -0.25) is 9.78 Å². The molecule has 4 nitrogen and oxygen atoms in total. The standard InChI is InChI=1S/C12H9BrFN3O/c13-8-2-1-3-9(14)11(8)17-12(18)10-6-7(15)4-5-16-10/h1-6H,(H2,15,16)(H,17,18). The minimum atomic E-state index is -0.526. The van der Waals surface area contributed by atoms with Crippen LogP contribution in [0.15, 0.2) is 41.0 Å². The fraction of sp³-hybridized carbons (Fsp3) is 0. The molecule has 3 N–H and O–H groups in total. The molecule has 1 aromatic heterocycles. The van der Waals surface area contributed by atoms with Crippen LogP contribution in [0.25, 0.3) is 0 Å². The smallest absolute Gasteiger partial charge is 0.274 e. The van der Waals surface area contributed by atoms with Gasteiger partial charge in [0, 0.05) is 16.4 Å². The normalized spacial score (nSPS) is 10.1. The molecule has 2 rings (SSSR count). The molecular formula is C12H9BrFN3O. The number of nitrogens with one attached hydrogen (secondary N) is 1. The van der Waals surface area contributed by atoms with E-state index in [1.807, 2.05) is 0 Å². The number of para-hydroxylation sites is 1. The Morgan fingerprint density at radius 2 is 2.17 bits per heavy atom. The van der Waals surface area contributed by atoms with Gasteiger partial charge in [-0.05, 0) is 40.2 Å². The number of hydrogen-bond donors (Lipinski definition) is 2. The molecule has 0 unspecified atom stereocenters. The zero-order valence-electron chi connectivity index (χ0n) is 9.15. The minimum Gasteiger partial charge on any atom is -0.399 e. The van der Waals surface area contributed by atoms with Crippen LogP contribution in [0.5, 0.6) is 0 Å². The molecule has 0 aliphatic heterocycles. The topological polar surface area (TPSA) is 68.0 Å². The van der Waals surface area contributed by atoms with E-state index in [4.69, 9.17) is 5.73 Å². The van der Waals surface area contributed by atoms with E-state index in [1.54, 1.807) is 12.1 Å². The van der Waals surface area contributed by atoms with Crippen LogP contribution in [0, 0.1) is 5.82 Å². The molecular weight excluding hydrogens is 301 g/mol. The fourth-order valence-electron chi connectivity index (χ4n) is 1.37. The molecule has 0 saturated heterocycles. The van der Waals surface area contributed by atoms with Crippen LogP contribution in [0.2, 0.25) is 0 Å². The van der Waals surface area contributed by atoms with Gasteiger partial charge >= 0.3 is 0 Å². The molecule has 1 aromatic carbocycles. The average molecular weight is 310 g/mol. The maximum Gasteiger partial charge on any atom is 0.274 e. The van der Waals surface area contributed by atoms with Crippen molar-refractivity contribution < 1.29 is 9.18 Å². The first-order chi connectivity index (χ1) is 8.58. The summed E-state index contributed by atoms with van der Waals surface area (Å²) in [5, 5.41) is 2.44. The van der Waals surface area contributed by atoms with Crippen molar-refractivity contribution in [2.45, 2.75) is 0 Å². The predicted octanol–water partition coefficient (Wildman–Crippen LogP) is 2.82. The second-order valence-corrected chi connectivity index (χ2v) is 4.38. The molecule has 1 amide bonds. The summed E-state index contributed by atoms with van der Waals surface area (Å²) in [6.07, 6.45) is 1.42. The SMILES string of the molecule is Nc1ccnc(C(=O)Nc2c(F)cccc2Br)c1. The van der Waals surface area contributed by atoms with E-state index in [2.05, 4.69) is 26.2 Å². The molecule has 0 atom stereocenters. The van der Waals surface area contributed by atoms with Gasteiger partial charge in [0.1, 0.15) is 11.5 Å². The van der Waals surface area contributed by atoms with Gasteiger partial charge in [-0.25, -0.2) is 4.39 Å². The molecule has 0 saturated carbocycles. The summed E-state index contributed by atoms with van der Waals surface area (Å²) in [4.78, 5) is 15.7. The zero-order valence-corrected chi connectivity index (χ0v) is 10.7. The molecule has 18 heavy (non-hydrogen) atoms. The van der Waals surface area contributed by atoms with Crippen LogP contribution in [0.4, 0.5) is 15.8 Å². The number of rotatable bonds is 2. The van der Waals surface area contributed by atoms with Crippen LogP contribution < -0.4 is 11.1 Å². The Bertz CT molecular complexity index is 583. The molecule has 2 aromatic rings. The Kier molecular flexibility index (Phi) is 3.57. The molecule has 6 heteroatoms. The van der Waals surface area contributed by atoms with E-state index in [9.17, 15) is 9.18 Å². The molecule has 0 radical (unpaired) electrons. The number of nitrogen functional groups attached to an aromatic ring is 1. The molecule has 92 valence electrons. The van der Waals surface area contributed by atoms with Crippen LogP contribution >= 0.6 is 15.9 Å². The van der Waals surface area contributed by atoms with Crippen molar-refractivity contribution in [1.29, 1.82) is 0 Å². The van der Waals surface area contributed by atoms with Gasteiger partial charge in [0.2, 0.25) is 0 Å². The highest BCUT2D eigenvalue weighted by atomic mass is 79.9. The summed E-state index contributed by atoms with van der Waals surface area (Å²) in [5.41, 5.74) is 6.17. The molecule has 1 heterocycles. The van der Waals surface area contributed by atoms with E-state index in [1.165, 1.54) is 24.4 Å². The number of amides is 1. The van der Waals surface area contributed by atoms with E-state index < -0.39 is 11.7 Å². The van der Waals surface area contributed by atoms with Gasteiger partial charge in [-0.15, -0.1) is 0 Å². The number of carbonyl (C=O) groups excluding carboxylic acids is 1. The molecule has 0 fully saturated rings. The van der Waals surface area contributed by atoms with Gasteiger partial charge in [-0.2, -0.15) is 0 Å². The fourth-order valence-corrected chi connectivity index (χ4v) is 1.81. The highest BCUT2D eigenvalue weighted by Gasteiger charge is 2.13. The average Bonchev–Trinajstić information content (AvgIpc) is 2.34. The van der Waals surface area contributed by atoms with Crippen LogP contribution in [0.1, 0.15) is 10.5 Å². The minimum absolute atomic E-state index is 0.0757. The van der Waals surface area contributed by atoms with Crippen LogP contribution in [0.3, 0.4) is 0 Å². The first kappa shape index (κ1) is 12.5. The lowest BCUT2D eigenvalue weighted by Gasteiger charge is -2.08. The van der Waals surface area contributed by atoms with Crippen molar-refractivity contribution in [2.24, 2.45) is 0 Å². The van der Waals surface area contributed by atoms with Crippen molar-refractivity contribution in [3.8, 4) is 0 Å². The highest BCUT2D eigenvalue weighted by Crippen LogP contribution is 2.25. The first-order valence-corrected chi connectivity index (χ1v) is 5.84. The van der Waals surface area contributed by atoms with Crippen molar-refractivity contribution >= 4 is 33.2 Å². The maximum absolute atomic E-state index is 13.5. The second-order valence-electron chi connectivity index (χ2n) is 3.53. The third-order valence-electron chi connectivity index (χ3n) is 2.22. The maximum atomic E-state index is 13.5. The third-order valence-corrected chi connectivity index (χ3v) is 2.88. The quantitative estimate of drug-likeness (QED) is 0.896. The summed E-state index contributed by atoms with van der Waals surface area (Å²) < 4.78 is 14.0. The lowest BCUT2D eigenvalue weighted by atomic mass is 10.2. The van der Waals surface area contributed by atoms with Crippen molar-refractivity contribution in [3.05, 3.63) is 52.5 Å². The van der Waals surface area contributed by atoms with Gasteiger partial charge in [0.05, 0.1) is 5.69 Å². The van der Waals surface area contributed by atoms with Gasteiger partial charge < -0.3 is 11.1 Å². The van der Waals surface area contributed by atoms with E-state index in [0.29, 0.717) is 10.2 Å². The number of benzene rings is 1. The molecule has 0 spiro atoms. The Balaban J connectivity index is 2.27. The van der Waals surface area contributed by atoms with Gasteiger partial charge in [0.25, 0.3) is 5.91 Å². The number of hydrogen-bond acceptors (Lipinski definition) is 3. The van der Waals surface area contributed by atoms with Crippen LogP contribution in [-0.2, 0) is 0 Å². The Hall–Kier alpha value is -1.95. The lowest BCUT2D eigenvalue weighted by molar-refractivity contribution is 0.102. The number of halogens is 2. The number of nitrogens with zero attached hydrogens (tertiary/aromatic N) is 1. The monoisotopic (exact) mass is 309 g/mol. The Labute approximate surface area is 111 Å². The Morgan fingerprint density at radius 3 is 2.83 bits per heavy atom. The molecule has 0 aliphatic carbocycles. The van der Waals surface area contributed by atoms with Gasteiger partial charge in [0.15, 0.2) is 0 Å². The van der Waals surface area contributed by atoms with E-state index >= 15 is 0 Å². The zero-order chi connectivity index (χ0) is 13.1. The summed E-state index contributed by atoms with van der Waals surface area (Å²) >= 11 is 3.16. The largest absolute Gasteiger partial charge is 0.399 e.